The van der Waals surface area contributed by atoms with Crippen LogP contribution in [0.2, 0.25) is 0 Å². The third-order valence-electron chi connectivity index (χ3n) is 4.17. The van der Waals surface area contributed by atoms with Crippen molar-refractivity contribution in [3.63, 3.8) is 0 Å². The van der Waals surface area contributed by atoms with E-state index in [0.717, 1.165) is 11.4 Å². The molecule has 4 aromatic rings. The summed E-state index contributed by atoms with van der Waals surface area (Å²) in [6, 6.07) is 15.1. The van der Waals surface area contributed by atoms with Crippen LogP contribution in [-0.2, 0) is 0 Å². The summed E-state index contributed by atoms with van der Waals surface area (Å²) >= 11 is 0. The lowest BCUT2D eigenvalue weighted by Crippen LogP contribution is -1.98. The van der Waals surface area contributed by atoms with E-state index in [-0.39, 0.29) is 0 Å². The van der Waals surface area contributed by atoms with Gasteiger partial charge in [-0.1, -0.05) is 28.6 Å². The van der Waals surface area contributed by atoms with E-state index in [2.05, 4.69) is 20.5 Å². The molecule has 0 unspecified atom stereocenters. The first kappa shape index (κ1) is 16.8. The molecule has 0 atom stereocenters. The summed E-state index contributed by atoms with van der Waals surface area (Å²) in [7, 11) is 3.17. The summed E-state index contributed by atoms with van der Waals surface area (Å²) in [6.45, 7) is 1.91. The lowest BCUT2D eigenvalue weighted by molar-refractivity contribution is 0.391. The molecular weight excluding hydrogens is 346 g/mol. The highest BCUT2D eigenvalue weighted by Gasteiger charge is 2.20. The molecule has 0 aliphatic rings. The number of ether oxygens (including phenoxy) is 2. The lowest BCUT2D eigenvalue weighted by Gasteiger charge is -2.06. The predicted octanol–water partition coefficient (Wildman–Crippen LogP) is 3.31. The molecule has 27 heavy (non-hydrogen) atoms. The van der Waals surface area contributed by atoms with Gasteiger partial charge >= 0.3 is 0 Å². The Bertz CT molecular complexity index is 1070. The van der Waals surface area contributed by atoms with Gasteiger partial charge in [-0.05, 0) is 31.2 Å². The SMILES string of the molecule is COc1ccc(-c2nc(-c3nnn(-c4ccccc4)c3C)no2)c(OC)c1. The smallest absolute Gasteiger partial charge is 0.262 e. The third-order valence-corrected chi connectivity index (χ3v) is 4.17. The Balaban J connectivity index is 1.71. The Hall–Kier alpha value is -3.68. The van der Waals surface area contributed by atoms with Crippen molar-refractivity contribution in [3.8, 4) is 40.2 Å². The summed E-state index contributed by atoms with van der Waals surface area (Å²) in [4.78, 5) is 4.47. The first-order valence-corrected chi connectivity index (χ1v) is 8.25. The Morgan fingerprint density at radius 3 is 2.56 bits per heavy atom. The fourth-order valence-corrected chi connectivity index (χ4v) is 2.75. The topological polar surface area (TPSA) is 88.1 Å². The number of methoxy groups -OCH3 is 2. The van der Waals surface area contributed by atoms with Gasteiger partial charge in [-0.25, -0.2) is 4.68 Å². The Morgan fingerprint density at radius 1 is 1.00 bits per heavy atom. The summed E-state index contributed by atoms with van der Waals surface area (Å²) in [6.07, 6.45) is 0. The highest BCUT2D eigenvalue weighted by atomic mass is 16.5. The molecule has 0 aliphatic heterocycles. The van der Waals surface area contributed by atoms with Crippen LogP contribution in [0, 0.1) is 6.92 Å². The van der Waals surface area contributed by atoms with Crippen molar-refractivity contribution in [2.75, 3.05) is 14.2 Å². The van der Waals surface area contributed by atoms with E-state index in [1.54, 1.807) is 31.0 Å². The molecule has 0 amide bonds. The van der Waals surface area contributed by atoms with Crippen molar-refractivity contribution >= 4 is 0 Å². The summed E-state index contributed by atoms with van der Waals surface area (Å²) < 4.78 is 17.8. The van der Waals surface area contributed by atoms with E-state index in [1.807, 2.05) is 43.3 Å². The molecule has 0 fully saturated rings. The zero-order valence-corrected chi connectivity index (χ0v) is 15.1. The minimum atomic E-state index is 0.332. The van der Waals surface area contributed by atoms with E-state index in [0.29, 0.717) is 34.5 Å². The van der Waals surface area contributed by atoms with Crippen LogP contribution in [0.25, 0.3) is 28.7 Å². The van der Waals surface area contributed by atoms with Crippen LogP contribution in [0.1, 0.15) is 5.69 Å². The molecule has 8 nitrogen and oxygen atoms in total. The number of rotatable bonds is 5. The van der Waals surface area contributed by atoms with Gasteiger partial charge in [0.2, 0.25) is 5.82 Å². The highest BCUT2D eigenvalue weighted by Crippen LogP contribution is 2.33. The zero-order chi connectivity index (χ0) is 18.8. The quantitative estimate of drug-likeness (QED) is 0.537. The van der Waals surface area contributed by atoms with Crippen LogP contribution >= 0.6 is 0 Å². The van der Waals surface area contributed by atoms with Gasteiger partial charge in [-0.15, -0.1) is 5.10 Å². The highest BCUT2D eigenvalue weighted by molar-refractivity contribution is 5.66. The monoisotopic (exact) mass is 363 g/mol. The number of nitrogens with zero attached hydrogens (tertiary/aromatic N) is 5. The molecule has 0 saturated heterocycles. The summed E-state index contributed by atoms with van der Waals surface area (Å²) in [5, 5.41) is 12.5. The fourth-order valence-electron chi connectivity index (χ4n) is 2.75. The van der Waals surface area contributed by atoms with E-state index in [4.69, 9.17) is 14.0 Å². The van der Waals surface area contributed by atoms with Gasteiger partial charge in [0.15, 0.2) is 5.69 Å². The second-order valence-electron chi connectivity index (χ2n) is 5.76. The van der Waals surface area contributed by atoms with Crippen molar-refractivity contribution in [3.05, 3.63) is 54.2 Å². The fraction of sp³-hybridized carbons (Fsp3) is 0.158. The molecule has 0 N–H and O–H groups in total. The molecule has 2 heterocycles. The lowest BCUT2D eigenvalue weighted by atomic mass is 10.2. The van der Waals surface area contributed by atoms with Crippen molar-refractivity contribution in [1.29, 1.82) is 0 Å². The number of aromatic nitrogens is 5. The van der Waals surface area contributed by atoms with E-state index in [1.165, 1.54) is 0 Å². The van der Waals surface area contributed by atoms with Gasteiger partial charge in [0.05, 0.1) is 31.2 Å². The minimum absolute atomic E-state index is 0.332. The maximum absolute atomic E-state index is 5.43. The summed E-state index contributed by atoms with van der Waals surface area (Å²) in [5.74, 6) is 1.95. The largest absolute Gasteiger partial charge is 0.497 e. The van der Waals surface area contributed by atoms with Crippen LogP contribution in [0.3, 0.4) is 0 Å². The standard InChI is InChI=1S/C19H17N5O3/c1-12-17(21-23-24(12)13-7-5-4-6-8-13)18-20-19(27-22-18)15-10-9-14(25-2)11-16(15)26-3/h4-11H,1-3H3. The Kier molecular flexibility index (Phi) is 4.29. The average Bonchev–Trinajstić information content (AvgIpc) is 3.34. The molecule has 0 spiro atoms. The number of hydrogen-bond acceptors (Lipinski definition) is 7. The van der Waals surface area contributed by atoms with Crippen LogP contribution in [0.5, 0.6) is 11.5 Å². The van der Waals surface area contributed by atoms with Gasteiger partial charge in [0.1, 0.15) is 11.5 Å². The van der Waals surface area contributed by atoms with Crippen LogP contribution in [0.4, 0.5) is 0 Å². The second kappa shape index (κ2) is 6.91. The first-order chi connectivity index (χ1) is 13.2. The van der Waals surface area contributed by atoms with Crippen molar-refractivity contribution in [1.82, 2.24) is 25.1 Å². The number of hydrogen-bond donors (Lipinski definition) is 0. The average molecular weight is 363 g/mol. The van der Waals surface area contributed by atoms with E-state index in [9.17, 15) is 0 Å². The Morgan fingerprint density at radius 2 is 1.81 bits per heavy atom. The maximum atomic E-state index is 5.43. The molecule has 136 valence electrons. The molecule has 0 bridgehead atoms. The van der Waals surface area contributed by atoms with Crippen molar-refractivity contribution in [2.24, 2.45) is 0 Å². The van der Waals surface area contributed by atoms with Crippen LogP contribution in [0.15, 0.2) is 53.1 Å². The molecule has 0 aliphatic carbocycles. The van der Waals surface area contributed by atoms with E-state index < -0.39 is 0 Å². The van der Waals surface area contributed by atoms with E-state index >= 15 is 0 Å². The van der Waals surface area contributed by atoms with Gasteiger partial charge in [-0.2, -0.15) is 4.98 Å². The predicted molar refractivity (Wildman–Crippen MR) is 97.9 cm³/mol. The Labute approximate surface area is 155 Å². The van der Waals surface area contributed by atoms with Crippen LogP contribution in [-0.4, -0.2) is 39.4 Å². The van der Waals surface area contributed by atoms with Gasteiger partial charge in [0, 0.05) is 6.07 Å². The number of para-hydroxylation sites is 1. The second-order valence-corrected chi connectivity index (χ2v) is 5.76. The zero-order valence-electron chi connectivity index (χ0n) is 15.1. The van der Waals surface area contributed by atoms with Gasteiger partial charge < -0.3 is 14.0 Å². The molecule has 0 radical (unpaired) electrons. The minimum Gasteiger partial charge on any atom is -0.497 e. The number of benzene rings is 2. The van der Waals surface area contributed by atoms with Crippen molar-refractivity contribution < 1.29 is 14.0 Å². The molecule has 0 saturated carbocycles. The van der Waals surface area contributed by atoms with Gasteiger partial charge in [0.25, 0.3) is 5.89 Å². The first-order valence-electron chi connectivity index (χ1n) is 8.25. The molecular formula is C19H17N5O3. The third kappa shape index (κ3) is 3.01. The maximum Gasteiger partial charge on any atom is 0.262 e. The van der Waals surface area contributed by atoms with Crippen molar-refractivity contribution in [2.45, 2.75) is 6.92 Å². The molecule has 2 aromatic heterocycles. The molecule has 8 heteroatoms. The normalized spacial score (nSPS) is 10.8. The van der Waals surface area contributed by atoms with Crippen LogP contribution < -0.4 is 9.47 Å². The molecule has 4 rings (SSSR count). The summed E-state index contributed by atoms with van der Waals surface area (Å²) in [5.41, 5.74) is 2.95. The molecule has 2 aromatic carbocycles. The van der Waals surface area contributed by atoms with Gasteiger partial charge in [-0.3, -0.25) is 0 Å².